The van der Waals surface area contributed by atoms with Gasteiger partial charge >= 0.3 is 11.9 Å². The van der Waals surface area contributed by atoms with Gasteiger partial charge < -0.3 is 18.9 Å². The molecule has 0 aliphatic carbocycles. The van der Waals surface area contributed by atoms with Crippen molar-refractivity contribution in [3.63, 3.8) is 0 Å². The topological polar surface area (TPSA) is 105 Å². The fourth-order valence-electron chi connectivity index (χ4n) is 5.03. The van der Waals surface area contributed by atoms with Crippen molar-refractivity contribution in [2.45, 2.75) is 33.4 Å². The normalized spacial score (nSPS) is 14.4. The number of hydrogen-bond acceptors (Lipinski definition) is 9. The summed E-state index contributed by atoms with van der Waals surface area (Å²) in [7, 11) is 1.53. The van der Waals surface area contributed by atoms with E-state index in [0.717, 1.165) is 5.56 Å². The molecule has 12 heteroatoms. The van der Waals surface area contributed by atoms with Gasteiger partial charge in [-0.05, 0) is 68.3 Å². The van der Waals surface area contributed by atoms with E-state index in [9.17, 15) is 14.4 Å². The monoisotopic (exact) mass is 724 g/mol. The van der Waals surface area contributed by atoms with Crippen LogP contribution in [0.1, 0.15) is 53.9 Å². The maximum atomic E-state index is 14.2. The molecule has 3 aromatic carbocycles. The van der Waals surface area contributed by atoms with E-state index in [-0.39, 0.29) is 24.3 Å². The average molecular weight is 726 g/mol. The largest absolute Gasteiger partial charge is 0.493 e. The van der Waals surface area contributed by atoms with Crippen molar-refractivity contribution in [1.29, 1.82) is 0 Å². The molecule has 0 N–H and O–H groups in total. The summed E-state index contributed by atoms with van der Waals surface area (Å²) in [6, 6.07) is 16.8. The first-order chi connectivity index (χ1) is 22.2. The molecule has 0 spiro atoms. The van der Waals surface area contributed by atoms with Crippen LogP contribution in [-0.2, 0) is 20.9 Å². The van der Waals surface area contributed by atoms with E-state index in [1.165, 1.54) is 23.0 Å². The smallest absolute Gasteiger partial charge is 0.338 e. The molecule has 9 nitrogen and oxygen atoms in total. The zero-order chi connectivity index (χ0) is 33.0. The molecule has 46 heavy (non-hydrogen) atoms. The first kappa shape index (κ1) is 33.2. The van der Waals surface area contributed by atoms with E-state index in [1.807, 2.05) is 6.07 Å². The van der Waals surface area contributed by atoms with Crippen LogP contribution in [0.2, 0.25) is 5.02 Å². The van der Waals surface area contributed by atoms with Crippen molar-refractivity contribution in [2.24, 2.45) is 4.99 Å². The van der Waals surface area contributed by atoms with Crippen LogP contribution in [0.3, 0.4) is 0 Å². The van der Waals surface area contributed by atoms with Crippen molar-refractivity contribution in [1.82, 2.24) is 4.57 Å². The maximum absolute atomic E-state index is 14.2. The molecule has 0 bridgehead atoms. The highest BCUT2D eigenvalue weighted by molar-refractivity contribution is 9.10. The molecular formula is C34H30BrClN2O7S. The van der Waals surface area contributed by atoms with E-state index in [0.29, 0.717) is 59.3 Å². The Kier molecular flexibility index (Phi) is 10.5. The zero-order valence-electron chi connectivity index (χ0n) is 25.5. The van der Waals surface area contributed by atoms with Gasteiger partial charge in [-0.1, -0.05) is 69.2 Å². The summed E-state index contributed by atoms with van der Waals surface area (Å²) < 4.78 is 24.9. The van der Waals surface area contributed by atoms with Crippen molar-refractivity contribution in [2.75, 3.05) is 20.3 Å². The number of nitrogens with zero attached hydrogens (tertiary/aromatic N) is 2. The van der Waals surface area contributed by atoms with E-state index < -0.39 is 18.0 Å². The van der Waals surface area contributed by atoms with Crippen molar-refractivity contribution >= 4 is 56.9 Å². The number of methoxy groups -OCH3 is 1. The molecule has 0 saturated heterocycles. The third kappa shape index (κ3) is 6.81. The molecule has 0 saturated carbocycles. The lowest BCUT2D eigenvalue weighted by Gasteiger charge is -2.25. The van der Waals surface area contributed by atoms with Gasteiger partial charge in [-0.15, -0.1) is 0 Å². The number of fused-ring (bicyclic) bond motifs is 1. The van der Waals surface area contributed by atoms with Crippen LogP contribution in [0.25, 0.3) is 6.08 Å². The Morgan fingerprint density at radius 3 is 2.41 bits per heavy atom. The number of carbonyl (C=O) groups excluding carboxylic acids is 2. The number of esters is 2. The molecule has 1 aromatic heterocycles. The molecular weight excluding hydrogens is 696 g/mol. The Morgan fingerprint density at radius 1 is 1.04 bits per heavy atom. The molecule has 2 heterocycles. The Morgan fingerprint density at radius 2 is 1.74 bits per heavy atom. The SMILES string of the molecule is CCOC(=O)C1=C(C)N=c2s/c(=C\c3cc(Br)cc(OC)c3OCc3ccc(C(=O)OCC)cc3)c(=O)n2[C@@H]1c1ccccc1Cl. The highest BCUT2D eigenvalue weighted by atomic mass is 79.9. The predicted molar refractivity (Wildman–Crippen MR) is 179 cm³/mol. The van der Waals surface area contributed by atoms with Gasteiger partial charge in [-0.3, -0.25) is 9.36 Å². The number of hydrogen-bond donors (Lipinski definition) is 0. The standard InChI is InChI=1S/C34H30BrClN2O7S/c1-5-43-32(40)21-13-11-20(12-14-21)18-45-30-22(15-23(35)17-26(30)42-4)16-27-31(39)38-29(24-9-7-8-10-25(24)36)28(33(41)44-6-2)19(3)37-34(38)46-27/h7-17,29H,5-6,18H2,1-4H3/b27-16-/t29-/m1/s1. The lowest BCUT2D eigenvalue weighted by Crippen LogP contribution is -2.40. The summed E-state index contributed by atoms with van der Waals surface area (Å²) in [4.78, 5) is 44.4. The summed E-state index contributed by atoms with van der Waals surface area (Å²) >= 11 is 11.3. The lowest BCUT2D eigenvalue weighted by atomic mass is 9.96. The van der Waals surface area contributed by atoms with E-state index >= 15 is 0 Å². The second-order valence-electron chi connectivity index (χ2n) is 10.1. The zero-order valence-corrected chi connectivity index (χ0v) is 28.6. The minimum absolute atomic E-state index is 0.164. The van der Waals surface area contributed by atoms with Crippen molar-refractivity contribution in [3.05, 3.63) is 123 Å². The van der Waals surface area contributed by atoms with Crippen LogP contribution in [0, 0.1) is 0 Å². The van der Waals surface area contributed by atoms with Crippen molar-refractivity contribution in [3.8, 4) is 11.5 Å². The number of ether oxygens (including phenoxy) is 4. The van der Waals surface area contributed by atoms with Crippen LogP contribution < -0.4 is 24.4 Å². The van der Waals surface area contributed by atoms with Crippen LogP contribution in [-0.4, -0.2) is 36.8 Å². The number of thiazole rings is 1. The molecule has 0 radical (unpaired) electrons. The number of rotatable bonds is 10. The molecule has 0 unspecified atom stereocenters. The first-order valence-electron chi connectivity index (χ1n) is 14.4. The van der Waals surface area contributed by atoms with Gasteiger partial charge in [-0.2, -0.15) is 0 Å². The third-order valence-corrected chi connectivity index (χ3v) is 8.90. The second kappa shape index (κ2) is 14.5. The highest BCUT2D eigenvalue weighted by Gasteiger charge is 2.34. The molecule has 1 aliphatic rings. The summed E-state index contributed by atoms with van der Waals surface area (Å²) in [5.41, 5.74) is 2.74. The highest BCUT2D eigenvalue weighted by Crippen LogP contribution is 2.37. The summed E-state index contributed by atoms with van der Waals surface area (Å²) in [5, 5.41) is 0.404. The summed E-state index contributed by atoms with van der Waals surface area (Å²) in [6.07, 6.45) is 1.71. The quantitative estimate of drug-likeness (QED) is 0.185. The van der Waals surface area contributed by atoms with Gasteiger partial charge in [0.1, 0.15) is 12.6 Å². The minimum Gasteiger partial charge on any atom is -0.493 e. The van der Waals surface area contributed by atoms with E-state index in [2.05, 4.69) is 20.9 Å². The Labute approximate surface area is 282 Å². The number of carbonyl (C=O) groups is 2. The summed E-state index contributed by atoms with van der Waals surface area (Å²) in [5.74, 6) is -0.0942. The Balaban J connectivity index is 1.59. The molecule has 0 fully saturated rings. The minimum atomic E-state index is -0.837. The fraction of sp³-hybridized carbons (Fsp3) is 0.235. The third-order valence-electron chi connectivity index (χ3n) is 7.12. The van der Waals surface area contributed by atoms with Gasteiger partial charge in [0, 0.05) is 15.1 Å². The summed E-state index contributed by atoms with van der Waals surface area (Å²) in [6.45, 7) is 5.82. The molecule has 1 atom stereocenters. The number of halogens is 2. The van der Waals surface area contributed by atoms with Gasteiger partial charge in [0.05, 0.1) is 41.7 Å². The number of benzene rings is 3. The number of allylic oxidation sites excluding steroid dienone is 1. The fourth-order valence-corrected chi connectivity index (χ4v) is 6.76. The Bertz CT molecular complexity index is 2020. The second-order valence-corrected chi connectivity index (χ2v) is 12.4. The van der Waals surface area contributed by atoms with Gasteiger partial charge in [0.15, 0.2) is 16.3 Å². The van der Waals surface area contributed by atoms with E-state index in [4.69, 9.17) is 30.5 Å². The lowest BCUT2D eigenvalue weighted by molar-refractivity contribution is -0.139. The van der Waals surface area contributed by atoms with E-state index in [1.54, 1.807) is 81.4 Å². The molecule has 5 rings (SSSR count). The van der Waals surface area contributed by atoms with Crippen LogP contribution in [0.5, 0.6) is 11.5 Å². The molecule has 1 aliphatic heterocycles. The van der Waals surface area contributed by atoms with Crippen LogP contribution in [0.4, 0.5) is 0 Å². The van der Waals surface area contributed by atoms with Gasteiger partial charge in [0.25, 0.3) is 5.56 Å². The van der Waals surface area contributed by atoms with Crippen LogP contribution in [0.15, 0.2) is 86.2 Å². The Hall–Kier alpha value is -4.19. The molecule has 0 amide bonds. The first-order valence-corrected chi connectivity index (χ1v) is 16.4. The molecule has 238 valence electrons. The van der Waals surface area contributed by atoms with Gasteiger partial charge in [-0.25, -0.2) is 14.6 Å². The number of aromatic nitrogens is 1. The van der Waals surface area contributed by atoms with Crippen molar-refractivity contribution < 1.29 is 28.5 Å². The van der Waals surface area contributed by atoms with Crippen LogP contribution >= 0.6 is 38.9 Å². The molecule has 4 aromatic rings. The van der Waals surface area contributed by atoms with Gasteiger partial charge in [0.2, 0.25) is 0 Å². The average Bonchev–Trinajstić information content (AvgIpc) is 3.34. The maximum Gasteiger partial charge on any atom is 0.338 e. The predicted octanol–water partition coefficient (Wildman–Crippen LogP) is 5.98.